The molecule has 3 heteroatoms. The Balaban J connectivity index is 1.44. The zero-order chi connectivity index (χ0) is 19.1. The van der Waals surface area contributed by atoms with E-state index in [9.17, 15) is 5.11 Å². The van der Waals surface area contributed by atoms with Gasteiger partial charge in [0.25, 0.3) is 0 Å². The van der Waals surface area contributed by atoms with Crippen LogP contribution in [-0.2, 0) is 4.74 Å². The summed E-state index contributed by atoms with van der Waals surface area (Å²) in [5, 5.41) is 10.4. The fourth-order valence-electron chi connectivity index (χ4n) is 7.08. The number of fused-ring (bicyclic) bond motifs is 1. The summed E-state index contributed by atoms with van der Waals surface area (Å²) in [5.41, 5.74) is 2.36. The Hall–Kier alpha value is -0.380. The maximum absolute atomic E-state index is 10.4. The molecule has 1 N–H and O–H groups in total. The Kier molecular flexibility index (Phi) is 5.75. The van der Waals surface area contributed by atoms with Gasteiger partial charge in [0.2, 0.25) is 0 Å². The van der Waals surface area contributed by atoms with Crippen LogP contribution < -0.4 is 0 Å². The highest BCUT2D eigenvalue weighted by atomic mass is 16.5. The molecule has 154 valence electrons. The molecule has 3 nitrogen and oxygen atoms in total. The first-order valence-electron chi connectivity index (χ1n) is 11.6. The average Bonchev–Trinajstić information content (AvgIpc) is 2.97. The molecule has 4 aliphatic rings. The molecule has 0 aromatic rings. The van der Waals surface area contributed by atoms with E-state index in [0.717, 1.165) is 51.0 Å². The van der Waals surface area contributed by atoms with Crippen LogP contribution in [0.4, 0.5) is 0 Å². The molecule has 4 fully saturated rings. The van der Waals surface area contributed by atoms with Gasteiger partial charge in [-0.2, -0.15) is 0 Å². The van der Waals surface area contributed by atoms with Gasteiger partial charge in [-0.25, -0.2) is 0 Å². The van der Waals surface area contributed by atoms with E-state index in [1.165, 1.54) is 57.1 Å². The molecular weight excluding hydrogens is 334 g/mol. The Morgan fingerprint density at radius 1 is 1.07 bits per heavy atom. The minimum atomic E-state index is -0.0760. The van der Waals surface area contributed by atoms with Crippen LogP contribution >= 0.6 is 0 Å². The number of allylic oxidation sites excluding steroid dienone is 1. The van der Waals surface area contributed by atoms with Crippen LogP contribution in [0, 0.1) is 28.6 Å². The SMILES string of the molecule is C=C1CCC2CC(C3(C)CCC(O)CC3CCN3CCOCC3)CCC12C. The Labute approximate surface area is 166 Å². The van der Waals surface area contributed by atoms with Gasteiger partial charge in [0.05, 0.1) is 19.3 Å². The number of hydrogen-bond donors (Lipinski definition) is 1. The number of nitrogens with zero attached hydrogens (tertiary/aromatic N) is 1. The Morgan fingerprint density at radius 2 is 1.85 bits per heavy atom. The van der Waals surface area contributed by atoms with Crippen molar-refractivity contribution in [1.29, 1.82) is 0 Å². The van der Waals surface area contributed by atoms with Crippen molar-refractivity contribution in [3.63, 3.8) is 0 Å². The van der Waals surface area contributed by atoms with Crippen LogP contribution in [0.1, 0.15) is 71.6 Å². The minimum Gasteiger partial charge on any atom is -0.393 e. The third-order valence-corrected chi connectivity index (χ3v) is 9.42. The molecule has 0 aromatic carbocycles. The van der Waals surface area contributed by atoms with E-state index in [1.54, 1.807) is 0 Å². The lowest BCUT2D eigenvalue weighted by Gasteiger charge is -2.53. The van der Waals surface area contributed by atoms with Crippen molar-refractivity contribution in [2.75, 3.05) is 32.8 Å². The molecule has 0 aromatic heterocycles. The van der Waals surface area contributed by atoms with Gasteiger partial charge in [0.15, 0.2) is 0 Å². The largest absolute Gasteiger partial charge is 0.393 e. The third kappa shape index (κ3) is 3.76. The summed E-state index contributed by atoms with van der Waals surface area (Å²) in [6.45, 7) is 14.6. The lowest BCUT2D eigenvalue weighted by molar-refractivity contribution is -0.0566. The van der Waals surface area contributed by atoms with E-state index in [-0.39, 0.29) is 6.10 Å². The maximum Gasteiger partial charge on any atom is 0.0594 e. The highest BCUT2D eigenvalue weighted by Gasteiger charge is 2.52. The fourth-order valence-corrected chi connectivity index (χ4v) is 7.08. The van der Waals surface area contributed by atoms with E-state index >= 15 is 0 Å². The summed E-state index contributed by atoms with van der Waals surface area (Å²) in [5.74, 6) is 2.36. The summed E-state index contributed by atoms with van der Waals surface area (Å²) in [4.78, 5) is 2.57. The summed E-state index contributed by atoms with van der Waals surface area (Å²) in [6.07, 6.45) is 11.1. The van der Waals surface area contributed by atoms with Crippen molar-refractivity contribution >= 4 is 0 Å². The number of morpholine rings is 1. The van der Waals surface area contributed by atoms with Gasteiger partial charge >= 0.3 is 0 Å². The smallest absolute Gasteiger partial charge is 0.0594 e. The Bertz CT molecular complexity index is 542. The van der Waals surface area contributed by atoms with Gasteiger partial charge in [0.1, 0.15) is 0 Å². The van der Waals surface area contributed by atoms with Gasteiger partial charge in [-0.1, -0.05) is 26.0 Å². The molecule has 4 rings (SSSR count). The molecular formula is C24H41NO2. The van der Waals surface area contributed by atoms with Gasteiger partial charge in [-0.05, 0) is 92.9 Å². The lowest BCUT2D eigenvalue weighted by Crippen LogP contribution is -2.47. The number of aliphatic hydroxyl groups excluding tert-OH is 1. The van der Waals surface area contributed by atoms with Crippen molar-refractivity contribution < 1.29 is 9.84 Å². The highest BCUT2D eigenvalue weighted by Crippen LogP contribution is 2.61. The van der Waals surface area contributed by atoms with Crippen LogP contribution in [0.25, 0.3) is 0 Å². The van der Waals surface area contributed by atoms with Crippen LogP contribution in [-0.4, -0.2) is 49.0 Å². The number of ether oxygens (including phenoxy) is 1. The lowest BCUT2D eigenvalue weighted by atomic mass is 9.52. The van der Waals surface area contributed by atoms with Crippen molar-refractivity contribution in [1.82, 2.24) is 4.90 Å². The van der Waals surface area contributed by atoms with E-state index in [4.69, 9.17) is 4.74 Å². The minimum absolute atomic E-state index is 0.0760. The monoisotopic (exact) mass is 375 g/mol. The predicted octanol–water partition coefficient (Wildman–Crippen LogP) is 4.65. The average molecular weight is 376 g/mol. The van der Waals surface area contributed by atoms with Gasteiger partial charge in [-0.15, -0.1) is 0 Å². The van der Waals surface area contributed by atoms with Crippen molar-refractivity contribution in [3.8, 4) is 0 Å². The molecule has 0 amide bonds. The third-order valence-electron chi connectivity index (χ3n) is 9.42. The van der Waals surface area contributed by atoms with Crippen molar-refractivity contribution in [3.05, 3.63) is 12.2 Å². The predicted molar refractivity (Wildman–Crippen MR) is 111 cm³/mol. The summed E-state index contributed by atoms with van der Waals surface area (Å²) < 4.78 is 5.51. The first-order chi connectivity index (χ1) is 12.9. The molecule has 0 radical (unpaired) electrons. The van der Waals surface area contributed by atoms with Crippen molar-refractivity contribution in [2.45, 2.75) is 77.7 Å². The molecule has 27 heavy (non-hydrogen) atoms. The number of aliphatic hydroxyl groups is 1. The van der Waals surface area contributed by atoms with Gasteiger partial charge in [0, 0.05) is 13.1 Å². The number of rotatable bonds is 4. The standard InChI is InChI=1S/C24H41NO2/c1-18-4-5-19-16-20(6-9-23(18,19)2)24(3)10-7-22(26)17-21(24)8-11-25-12-14-27-15-13-25/h19-22,26H,1,4-17H2,2-3H3. The van der Waals surface area contributed by atoms with Crippen LogP contribution in [0.5, 0.6) is 0 Å². The summed E-state index contributed by atoms with van der Waals surface area (Å²) in [6, 6.07) is 0. The first kappa shape index (κ1) is 19.9. The second-order valence-corrected chi connectivity index (χ2v) is 10.6. The van der Waals surface area contributed by atoms with E-state index in [0.29, 0.717) is 16.7 Å². The van der Waals surface area contributed by atoms with Crippen LogP contribution in [0.15, 0.2) is 12.2 Å². The molecule has 1 heterocycles. The van der Waals surface area contributed by atoms with Crippen LogP contribution in [0.3, 0.4) is 0 Å². The second-order valence-electron chi connectivity index (χ2n) is 10.6. The maximum atomic E-state index is 10.4. The van der Waals surface area contributed by atoms with E-state index in [2.05, 4.69) is 25.3 Å². The number of hydrogen-bond acceptors (Lipinski definition) is 3. The molecule has 0 bridgehead atoms. The quantitative estimate of drug-likeness (QED) is 0.726. The first-order valence-corrected chi connectivity index (χ1v) is 11.6. The topological polar surface area (TPSA) is 32.7 Å². The molecule has 3 aliphatic carbocycles. The molecule has 0 spiro atoms. The fraction of sp³-hybridized carbons (Fsp3) is 0.917. The molecule has 6 atom stereocenters. The highest BCUT2D eigenvalue weighted by molar-refractivity contribution is 5.19. The molecule has 3 saturated carbocycles. The molecule has 6 unspecified atom stereocenters. The van der Waals surface area contributed by atoms with Crippen molar-refractivity contribution in [2.24, 2.45) is 28.6 Å². The molecule has 1 aliphatic heterocycles. The van der Waals surface area contributed by atoms with Gasteiger partial charge < -0.3 is 9.84 Å². The Morgan fingerprint density at radius 3 is 2.63 bits per heavy atom. The van der Waals surface area contributed by atoms with E-state index < -0.39 is 0 Å². The van der Waals surface area contributed by atoms with E-state index in [1.807, 2.05) is 0 Å². The zero-order valence-electron chi connectivity index (χ0n) is 17.7. The summed E-state index contributed by atoms with van der Waals surface area (Å²) in [7, 11) is 0. The molecule has 1 saturated heterocycles. The van der Waals surface area contributed by atoms with Gasteiger partial charge in [-0.3, -0.25) is 4.90 Å². The zero-order valence-corrected chi connectivity index (χ0v) is 17.7. The summed E-state index contributed by atoms with van der Waals surface area (Å²) >= 11 is 0. The second kappa shape index (κ2) is 7.80. The normalized spacial score (nSPS) is 46.4. The van der Waals surface area contributed by atoms with Crippen LogP contribution in [0.2, 0.25) is 0 Å².